The average molecular weight is 371 g/mol. The molecule has 1 saturated carbocycles. The Morgan fingerprint density at radius 2 is 2.08 bits per heavy atom. The zero-order chi connectivity index (χ0) is 18.8. The molecular weight excluding hydrogens is 344 g/mol. The first kappa shape index (κ1) is 20.4. The number of para-hydroxylation sites is 1. The van der Waals surface area contributed by atoms with Crippen LogP contribution in [0.4, 0.5) is 8.78 Å². The van der Waals surface area contributed by atoms with E-state index >= 15 is 0 Å². The Balaban J connectivity index is 1.83. The van der Waals surface area contributed by atoms with Crippen LogP contribution in [0.3, 0.4) is 0 Å². The van der Waals surface area contributed by atoms with Crippen LogP contribution in [0.2, 0.25) is 0 Å². The summed E-state index contributed by atoms with van der Waals surface area (Å²) in [5.41, 5.74) is 0.554. The van der Waals surface area contributed by atoms with Crippen LogP contribution in [0, 0.1) is 5.92 Å². The maximum Gasteiger partial charge on any atom is 0.387 e. The molecule has 0 amide bonds. The van der Waals surface area contributed by atoms with Gasteiger partial charge in [0.1, 0.15) is 5.75 Å². The van der Waals surface area contributed by atoms with Crippen LogP contribution in [0.5, 0.6) is 5.75 Å². The summed E-state index contributed by atoms with van der Waals surface area (Å²) in [4.78, 5) is 4.36. The third kappa shape index (κ3) is 7.97. The highest BCUT2D eigenvalue weighted by Gasteiger charge is 2.21. The van der Waals surface area contributed by atoms with Crippen molar-refractivity contribution in [1.29, 1.82) is 0 Å². The van der Waals surface area contributed by atoms with E-state index in [1.807, 2.05) is 6.92 Å². The Kier molecular flexibility index (Phi) is 8.57. The number of benzene rings is 1. The second kappa shape index (κ2) is 10.9. The molecule has 0 radical (unpaired) electrons. The molecule has 3 N–H and O–H groups in total. The molecule has 0 aromatic heterocycles. The molecule has 2 rings (SSSR count). The molecule has 1 unspecified atom stereocenters. The number of hydrogen-bond acceptors (Lipinski definition) is 4. The molecule has 1 aliphatic carbocycles. The quantitative estimate of drug-likeness (QED) is 0.410. The number of aliphatic hydroxyl groups is 1. The minimum Gasteiger partial charge on any atom is -0.434 e. The molecule has 0 aliphatic heterocycles. The van der Waals surface area contributed by atoms with E-state index in [4.69, 9.17) is 4.74 Å². The number of guanidine groups is 1. The molecule has 0 heterocycles. The first-order chi connectivity index (χ1) is 12.6. The molecule has 0 spiro atoms. The van der Waals surface area contributed by atoms with Crippen molar-refractivity contribution < 1.29 is 23.4 Å². The lowest BCUT2D eigenvalue weighted by Crippen LogP contribution is -2.42. The van der Waals surface area contributed by atoms with E-state index < -0.39 is 12.7 Å². The van der Waals surface area contributed by atoms with E-state index in [1.165, 1.54) is 18.9 Å². The highest BCUT2D eigenvalue weighted by molar-refractivity contribution is 5.79. The Hall–Kier alpha value is -1.93. The summed E-state index contributed by atoms with van der Waals surface area (Å²) in [6.45, 7) is 1.10. The van der Waals surface area contributed by atoms with Gasteiger partial charge in [-0.2, -0.15) is 8.78 Å². The van der Waals surface area contributed by atoms with Crippen molar-refractivity contribution in [3.8, 4) is 5.75 Å². The monoisotopic (exact) mass is 371 g/mol. The van der Waals surface area contributed by atoms with E-state index in [-0.39, 0.29) is 25.4 Å². The third-order valence-electron chi connectivity index (χ3n) is 3.81. The van der Waals surface area contributed by atoms with Crippen LogP contribution in [-0.2, 0) is 11.3 Å². The Bertz CT molecular complexity index is 568. The van der Waals surface area contributed by atoms with Gasteiger partial charge in [0.15, 0.2) is 5.96 Å². The standard InChI is InChI=1S/C18H27F2N3O3/c1-2-21-18(23-10-15(24)12-25-11-13-7-8-13)22-9-14-5-3-4-6-16(14)26-17(19)20/h3-6,13,15,17,24H,2,7-12H2,1H3,(H2,21,22,23). The number of nitrogens with zero attached hydrogens (tertiary/aromatic N) is 1. The van der Waals surface area contributed by atoms with Crippen molar-refractivity contribution >= 4 is 5.96 Å². The molecule has 1 aromatic carbocycles. The summed E-state index contributed by atoms with van der Waals surface area (Å²) < 4.78 is 34.9. The highest BCUT2D eigenvalue weighted by atomic mass is 19.3. The second-order valence-corrected chi connectivity index (χ2v) is 6.20. The molecule has 26 heavy (non-hydrogen) atoms. The fourth-order valence-corrected chi connectivity index (χ4v) is 2.28. The van der Waals surface area contributed by atoms with Crippen molar-refractivity contribution in [2.24, 2.45) is 10.9 Å². The Morgan fingerprint density at radius 1 is 1.31 bits per heavy atom. The van der Waals surface area contributed by atoms with Crippen LogP contribution in [0.25, 0.3) is 0 Å². The molecule has 1 aromatic rings. The maximum absolute atomic E-state index is 12.5. The molecule has 8 heteroatoms. The Morgan fingerprint density at radius 3 is 2.77 bits per heavy atom. The zero-order valence-corrected chi connectivity index (χ0v) is 15.0. The number of ether oxygens (including phenoxy) is 2. The summed E-state index contributed by atoms with van der Waals surface area (Å²) in [7, 11) is 0. The summed E-state index contributed by atoms with van der Waals surface area (Å²) in [6, 6.07) is 6.54. The fourth-order valence-electron chi connectivity index (χ4n) is 2.28. The lowest BCUT2D eigenvalue weighted by Gasteiger charge is -2.16. The van der Waals surface area contributed by atoms with Gasteiger partial charge in [0.25, 0.3) is 0 Å². The normalized spacial score (nSPS) is 15.8. The lowest BCUT2D eigenvalue weighted by molar-refractivity contribution is -0.0504. The van der Waals surface area contributed by atoms with E-state index in [0.29, 0.717) is 30.6 Å². The van der Waals surface area contributed by atoms with Crippen LogP contribution < -0.4 is 15.4 Å². The maximum atomic E-state index is 12.5. The van der Waals surface area contributed by atoms with Gasteiger partial charge in [0.2, 0.25) is 0 Å². The number of hydrogen-bond donors (Lipinski definition) is 3. The highest BCUT2D eigenvalue weighted by Crippen LogP contribution is 2.28. The Labute approximate surface area is 152 Å². The molecule has 1 fully saturated rings. The number of nitrogens with one attached hydrogen (secondary N) is 2. The van der Waals surface area contributed by atoms with Crippen LogP contribution in [0.15, 0.2) is 29.3 Å². The first-order valence-electron chi connectivity index (χ1n) is 8.89. The van der Waals surface area contributed by atoms with Gasteiger partial charge in [0, 0.05) is 25.3 Å². The zero-order valence-electron chi connectivity index (χ0n) is 15.0. The van der Waals surface area contributed by atoms with Gasteiger partial charge in [0.05, 0.1) is 19.3 Å². The fraction of sp³-hybridized carbons (Fsp3) is 0.611. The predicted molar refractivity (Wildman–Crippen MR) is 95.4 cm³/mol. The van der Waals surface area contributed by atoms with E-state index in [1.54, 1.807) is 18.2 Å². The molecular formula is C18H27F2N3O3. The van der Waals surface area contributed by atoms with Gasteiger partial charge in [-0.25, -0.2) is 4.99 Å². The molecule has 6 nitrogen and oxygen atoms in total. The molecule has 146 valence electrons. The number of rotatable bonds is 11. The van der Waals surface area contributed by atoms with Gasteiger partial charge in [-0.15, -0.1) is 0 Å². The first-order valence-corrected chi connectivity index (χ1v) is 8.89. The minimum atomic E-state index is -2.88. The lowest BCUT2D eigenvalue weighted by atomic mass is 10.2. The topological polar surface area (TPSA) is 75.1 Å². The van der Waals surface area contributed by atoms with E-state index in [2.05, 4.69) is 20.4 Å². The molecule has 1 atom stereocenters. The summed E-state index contributed by atoms with van der Waals surface area (Å²) >= 11 is 0. The molecule has 1 aliphatic rings. The number of aliphatic imine (C=N–C) groups is 1. The smallest absolute Gasteiger partial charge is 0.387 e. The SMILES string of the molecule is CCNC(=NCc1ccccc1OC(F)F)NCC(O)COCC1CC1. The second-order valence-electron chi connectivity index (χ2n) is 6.20. The van der Waals surface area contributed by atoms with Crippen LogP contribution >= 0.6 is 0 Å². The largest absolute Gasteiger partial charge is 0.434 e. The number of halogens is 2. The van der Waals surface area contributed by atoms with Gasteiger partial charge in [-0.1, -0.05) is 18.2 Å². The van der Waals surface area contributed by atoms with Crippen LogP contribution in [-0.4, -0.2) is 50.1 Å². The van der Waals surface area contributed by atoms with Gasteiger partial charge >= 0.3 is 6.61 Å². The van der Waals surface area contributed by atoms with E-state index in [0.717, 1.165) is 0 Å². The van der Waals surface area contributed by atoms with Crippen molar-refractivity contribution in [2.75, 3.05) is 26.3 Å². The van der Waals surface area contributed by atoms with Gasteiger partial charge in [-0.05, 0) is 31.7 Å². The third-order valence-corrected chi connectivity index (χ3v) is 3.81. The van der Waals surface area contributed by atoms with Crippen LogP contribution in [0.1, 0.15) is 25.3 Å². The van der Waals surface area contributed by atoms with E-state index in [9.17, 15) is 13.9 Å². The number of aliphatic hydroxyl groups excluding tert-OH is 1. The summed E-state index contributed by atoms with van der Waals surface area (Å²) in [5, 5.41) is 16.0. The summed E-state index contributed by atoms with van der Waals surface area (Å²) in [5.74, 6) is 1.25. The van der Waals surface area contributed by atoms with Crippen molar-refractivity contribution in [3.63, 3.8) is 0 Å². The van der Waals surface area contributed by atoms with Gasteiger partial charge < -0.3 is 25.2 Å². The minimum absolute atomic E-state index is 0.107. The summed E-state index contributed by atoms with van der Waals surface area (Å²) in [6.07, 6.45) is 1.78. The molecule has 0 bridgehead atoms. The predicted octanol–water partition coefficient (Wildman–Crippen LogP) is 2.13. The van der Waals surface area contributed by atoms with Crippen molar-refractivity contribution in [1.82, 2.24) is 10.6 Å². The molecule has 0 saturated heterocycles. The van der Waals surface area contributed by atoms with Crippen molar-refractivity contribution in [2.45, 2.75) is 39.0 Å². The number of alkyl halides is 2. The van der Waals surface area contributed by atoms with Crippen molar-refractivity contribution in [3.05, 3.63) is 29.8 Å². The van der Waals surface area contributed by atoms with Gasteiger partial charge in [-0.3, -0.25) is 0 Å². The average Bonchev–Trinajstić information content (AvgIpc) is 3.42.